The fraction of sp³-hybridized carbons (Fsp3) is 0.0625. The number of amides is 2. The van der Waals surface area contributed by atoms with E-state index in [0.29, 0.717) is 16.1 Å². The number of nitrogens with zero attached hydrogens (tertiary/aromatic N) is 3. The van der Waals surface area contributed by atoms with Crippen molar-refractivity contribution >= 4 is 28.8 Å². The van der Waals surface area contributed by atoms with Crippen LogP contribution in [0.2, 0.25) is 0 Å². The molecule has 1 aromatic heterocycles. The minimum absolute atomic E-state index is 0.0256. The second-order valence-electron chi connectivity index (χ2n) is 5.21. The van der Waals surface area contributed by atoms with Crippen molar-refractivity contribution < 1.29 is 24.0 Å². The van der Waals surface area contributed by atoms with Gasteiger partial charge >= 0.3 is 5.97 Å². The van der Waals surface area contributed by atoms with E-state index in [1.165, 1.54) is 31.4 Å². The lowest BCUT2D eigenvalue weighted by atomic mass is 10.1. The van der Waals surface area contributed by atoms with Crippen LogP contribution >= 0.6 is 0 Å². The van der Waals surface area contributed by atoms with Crippen molar-refractivity contribution in [3.05, 3.63) is 53.1 Å². The summed E-state index contributed by atoms with van der Waals surface area (Å²) in [5.41, 5.74) is 1.36. The molecule has 0 saturated carbocycles. The number of H-pyrrole nitrogens is 1. The Bertz CT molecular complexity index is 1010. The van der Waals surface area contributed by atoms with Gasteiger partial charge in [-0.25, -0.2) is 4.79 Å². The summed E-state index contributed by atoms with van der Waals surface area (Å²) in [6.45, 7) is 0. The third kappa shape index (κ3) is 2.21. The highest BCUT2D eigenvalue weighted by atomic mass is 16.7. The molecule has 1 N–H and O–H groups in total. The standard InChI is InChI=1S/C16H10N4O5/c1-24-13-7-12-11(17-19-18-12)6-10(13)16(23)25-20-14(21)8-4-2-3-5-9(8)15(20)22/h2-7H,1H3,(H,17,18,19). The zero-order chi connectivity index (χ0) is 17.6. The normalized spacial score (nSPS) is 13.2. The minimum Gasteiger partial charge on any atom is -0.496 e. The van der Waals surface area contributed by atoms with Crippen molar-refractivity contribution in [3.8, 4) is 5.75 Å². The Balaban J connectivity index is 1.67. The van der Waals surface area contributed by atoms with E-state index in [-0.39, 0.29) is 22.4 Å². The number of ether oxygens (including phenoxy) is 1. The predicted molar refractivity (Wildman–Crippen MR) is 82.8 cm³/mol. The predicted octanol–water partition coefficient (Wildman–Crippen LogP) is 1.33. The molecule has 0 atom stereocenters. The average molecular weight is 338 g/mol. The number of hydrogen-bond donors (Lipinski definition) is 1. The lowest BCUT2D eigenvalue weighted by Gasteiger charge is -2.14. The molecule has 124 valence electrons. The number of rotatable bonds is 3. The SMILES string of the molecule is COc1cc2nn[nH]c2cc1C(=O)ON1C(=O)c2ccccc2C1=O. The molecule has 4 rings (SSSR count). The number of carbonyl (C=O) groups excluding carboxylic acids is 3. The molecule has 0 aliphatic carbocycles. The van der Waals surface area contributed by atoms with Crippen LogP contribution in [-0.4, -0.2) is 45.4 Å². The molecule has 25 heavy (non-hydrogen) atoms. The van der Waals surface area contributed by atoms with E-state index in [2.05, 4.69) is 15.4 Å². The second kappa shape index (κ2) is 5.41. The molecule has 1 aliphatic rings. The number of aromatic amines is 1. The van der Waals surface area contributed by atoms with Gasteiger partial charge in [-0.05, 0) is 18.2 Å². The Kier molecular flexibility index (Phi) is 3.21. The summed E-state index contributed by atoms with van der Waals surface area (Å²) in [6.07, 6.45) is 0. The van der Waals surface area contributed by atoms with Crippen LogP contribution in [0, 0.1) is 0 Å². The summed E-state index contributed by atoms with van der Waals surface area (Å²) < 4.78 is 5.15. The van der Waals surface area contributed by atoms with Crippen LogP contribution in [0.5, 0.6) is 5.75 Å². The van der Waals surface area contributed by atoms with Crippen LogP contribution < -0.4 is 4.74 Å². The molecule has 0 fully saturated rings. The minimum atomic E-state index is -0.914. The van der Waals surface area contributed by atoms with Crippen molar-refractivity contribution in [1.82, 2.24) is 20.5 Å². The van der Waals surface area contributed by atoms with Gasteiger partial charge in [-0.2, -0.15) is 0 Å². The van der Waals surface area contributed by atoms with E-state index in [9.17, 15) is 14.4 Å². The van der Waals surface area contributed by atoms with Gasteiger partial charge in [0.15, 0.2) is 0 Å². The van der Waals surface area contributed by atoms with Crippen LogP contribution in [0.15, 0.2) is 36.4 Å². The zero-order valence-corrected chi connectivity index (χ0v) is 12.8. The maximum absolute atomic E-state index is 12.5. The maximum Gasteiger partial charge on any atom is 0.367 e. The van der Waals surface area contributed by atoms with Crippen LogP contribution in [-0.2, 0) is 4.84 Å². The van der Waals surface area contributed by atoms with Crippen molar-refractivity contribution in [3.63, 3.8) is 0 Å². The summed E-state index contributed by atoms with van der Waals surface area (Å²) >= 11 is 0. The molecule has 3 aromatic rings. The fourth-order valence-electron chi connectivity index (χ4n) is 2.58. The Labute approximate surface area is 140 Å². The first-order chi connectivity index (χ1) is 12.1. The highest BCUT2D eigenvalue weighted by Gasteiger charge is 2.39. The number of methoxy groups -OCH3 is 1. The fourth-order valence-corrected chi connectivity index (χ4v) is 2.58. The third-order valence-electron chi connectivity index (χ3n) is 3.80. The number of imide groups is 1. The molecule has 0 radical (unpaired) electrons. The van der Waals surface area contributed by atoms with Crippen LogP contribution in [0.4, 0.5) is 0 Å². The van der Waals surface area contributed by atoms with Crippen molar-refractivity contribution in [2.24, 2.45) is 0 Å². The summed E-state index contributed by atoms with van der Waals surface area (Å²) in [6, 6.07) is 9.15. The maximum atomic E-state index is 12.5. The molecule has 1 aliphatic heterocycles. The third-order valence-corrected chi connectivity index (χ3v) is 3.80. The molecule has 0 bridgehead atoms. The van der Waals surface area contributed by atoms with Gasteiger partial charge < -0.3 is 9.57 Å². The van der Waals surface area contributed by atoms with E-state index in [1.54, 1.807) is 12.1 Å². The Morgan fingerprint density at radius 2 is 1.80 bits per heavy atom. The van der Waals surface area contributed by atoms with E-state index in [4.69, 9.17) is 9.57 Å². The first-order valence-corrected chi connectivity index (χ1v) is 7.19. The molecule has 2 heterocycles. The van der Waals surface area contributed by atoms with Gasteiger partial charge in [0.25, 0.3) is 11.8 Å². The average Bonchev–Trinajstić information content (AvgIpc) is 3.19. The van der Waals surface area contributed by atoms with Gasteiger partial charge in [-0.1, -0.05) is 22.4 Å². The number of nitrogens with one attached hydrogen (secondary N) is 1. The Morgan fingerprint density at radius 3 is 2.44 bits per heavy atom. The highest BCUT2D eigenvalue weighted by molar-refractivity contribution is 6.21. The number of carbonyl (C=O) groups is 3. The van der Waals surface area contributed by atoms with Gasteiger partial charge in [-0.3, -0.25) is 14.7 Å². The van der Waals surface area contributed by atoms with Gasteiger partial charge in [0.2, 0.25) is 0 Å². The van der Waals surface area contributed by atoms with Crippen molar-refractivity contribution in [2.75, 3.05) is 7.11 Å². The van der Waals surface area contributed by atoms with E-state index in [1.807, 2.05) is 0 Å². The topological polar surface area (TPSA) is 114 Å². The van der Waals surface area contributed by atoms with Gasteiger partial charge in [0.1, 0.15) is 16.8 Å². The summed E-state index contributed by atoms with van der Waals surface area (Å²) in [5, 5.41) is 10.5. The molecular weight excluding hydrogens is 328 g/mol. The van der Waals surface area contributed by atoms with Crippen LogP contribution in [0.1, 0.15) is 31.1 Å². The van der Waals surface area contributed by atoms with Gasteiger partial charge in [-0.15, -0.1) is 5.10 Å². The lowest BCUT2D eigenvalue weighted by Crippen LogP contribution is -2.32. The molecule has 9 heteroatoms. The van der Waals surface area contributed by atoms with Gasteiger partial charge in [0, 0.05) is 6.07 Å². The molecule has 2 amide bonds. The quantitative estimate of drug-likeness (QED) is 0.716. The van der Waals surface area contributed by atoms with Crippen molar-refractivity contribution in [2.45, 2.75) is 0 Å². The summed E-state index contributed by atoms with van der Waals surface area (Å²) in [4.78, 5) is 42.1. The molecule has 0 unspecified atom stereocenters. The lowest BCUT2D eigenvalue weighted by molar-refractivity contribution is -0.0586. The number of aromatic nitrogens is 3. The van der Waals surface area contributed by atoms with Crippen molar-refractivity contribution in [1.29, 1.82) is 0 Å². The molecule has 2 aromatic carbocycles. The highest BCUT2D eigenvalue weighted by Crippen LogP contribution is 2.27. The zero-order valence-electron chi connectivity index (χ0n) is 12.8. The first-order valence-electron chi connectivity index (χ1n) is 7.19. The number of fused-ring (bicyclic) bond motifs is 2. The van der Waals surface area contributed by atoms with Crippen LogP contribution in [0.3, 0.4) is 0 Å². The Morgan fingerprint density at radius 1 is 1.12 bits per heavy atom. The molecule has 9 nitrogen and oxygen atoms in total. The summed E-state index contributed by atoms with van der Waals surface area (Å²) in [5.74, 6) is -2.12. The molecular formula is C16H10N4O5. The molecule has 0 saturated heterocycles. The van der Waals surface area contributed by atoms with E-state index < -0.39 is 17.8 Å². The van der Waals surface area contributed by atoms with Gasteiger partial charge in [0.05, 0.1) is 23.8 Å². The number of hydroxylamine groups is 2. The number of benzene rings is 2. The first kappa shape index (κ1) is 14.8. The largest absolute Gasteiger partial charge is 0.496 e. The number of hydrogen-bond acceptors (Lipinski definition) is 7. The smallest absolute Gasteiger partial charge is 0.367 e. The Hall–Kier alpha value is -3.75. The van der Waals surface area contributed by atoms with E-state index in [0.717, 1.165) is 0 Å². The summed E-state index contributed by atoms with van der Waals surface area (Å²) in [7, 11) is 1.38. The van der Waals surface area contributed by atoms with Crippen LogP contribution in [0.25, 0.3) is 11.0 Å². The second-order valence-corrected chi connectivity index (χ2v) is 5.21. The molecule has 0 spiro atoms. The monoisotopic (exact) mass is 338 g/mol. The van der Waals surface area contributed by atoms with E-state index >= 15 is 0 Å².